The molecular weight excluding hydrogens is 146 g/mol. The lowest BCUT2D eigenvalue weighted by Crippen LogP contribution is -2.10. The Balaban J connectivity index is 4.43. The van der Waals surface area contributed by atoms with Crippen LogP contribution in [-0.4, -0.2) is 0 Å². The molecule has 1 heteroatoms. The first-order valence-corrected chi connectivity index (χ1v) is 4.48. The molecule has 1 nitrogen and oxygen atoms in total. The standard InChI is InChI=1S/C11H21N/c1-6-9(10(12)7-2)8-11(3,4)5/h6-7H,8,12H2,1-5H3/b9-6+,10-7+. The first-order valence-electron chi connectivity index (χ1n) is 4.48. The van der Waals surface area contributed by atoms with E-state index in [1.54, 1.807) is 0 Å². The molecule has 0 saturated carbocycles. The predicted octanol–water partition coefficient (Wildman–Crippen LogP) is 3.23. The van der Waals surface area contributed by atoms with Crippen LogP contribution in [0.3, 0.4) is 0 Å². The van der Waals surface area contributed by atoms with E-state index in [1.807, 2.05) is 19.9 Å². The van der Waals surface area contributed by atoms with Crippen molar-refractivity contribution in [3.05, 3.63) is 23.4 Å². The molecular formula is C11H21N. The third kappa shape index (κ3) is 4.22. The summed E-state index contributed by atoms with van der Waals surface area (Å²) in [6, 6.07) is 0. The van der Waals surface area contributed by atoms with Gasteiger partial charge in [-0.1, -0.05) is 32.9 Å². The van der Waals surface area contributed by atoms with Gasteiger partial charge in [0.25, 0.3) is 0 Å². The minimum atomic E-state index is 0.315. The third-order valence-corrected chi connectivity index (χ3v) is 1.75. The van der Waals surface area contributed by atoms with Gasteiger partial charge in [0.1, 0.15) is 0 Å². The van der Waals surface area contributed by atoms with Crippen LogP contribution in [0.15, 0.2) is 23.4 Å². The van der Waals surface area contributed by atoms with Crippen molar-refractivity contribution in [1.29, 1.82) is 0 Å². The van der Waals surface area contributed by atoms with Crippen LogP contribution < -0.4 is 5.73 Å². The molecule has 2 N–H and O–H groups in total. The molecule has 0 aromatic rings. The van der Waals surface area contributed by atoms with E-state index in [0.29, 0.717) is 5.41 Å². The second-order valence-corrected chi connectivity index (χ2v) is 4.30. The highest BCUT2D eigenvalue weighted by Crippen LogP contribution is 2.26. The van der Waals surface area contributed by atoms with Crippen molar-refractivity contribution in [2.75, 3.05) is 0 Å². The van der Waals surface area contributed by atoms with Crippen LogP contribution in [0, 0.1) is 5.41 Å². The van der Waals surface area contributed by atoms with Gasteiger partial charge in [0.05, 0.1) is 0 Å². The van der Waals surface area contributed by atoms with Crippen molar-refractivity contribution in [3.63, 3.8) is 0 Å². The first-order chi connectivity index (χ1) is 5.40. The second-order valence-electron chi connectivity index (χ2n) is 4.30. The van der Waals surface area contributed by atoms with Crippen molar-refractivity contribution in [1.82, 2.24) is 0 Å². The molecule has 0 saturated heterocycles. The van der Waals surface area contributed by atoms with Gasteiger partial charge in [0.15, 0.2) is 0 Å². The zero-order valence-corrected chi connectivity index (χ0v) is 8.94. The molecule has 0 bridgehead atoms. The maximum Gasteiger partial charge on any atom is 0.0300 e. The van der Waals surface area contributed by atoms with Crippen molar-refractivity contribution in [2.45, 2.75) is 41.0 Å². The summed E-state index contributed by atoms with van der Waals surface area (Å²) in [6.45, 7) is 10.7. The van der Waals surface area contributed by atoms with Crippen LogP contribution in [0.2, 0.25) is 0 Å². The van der Waals surface area contributed by atoms with Crippen LogP contribution >= 0.6 is 0 Å². The molecule has 0 atom stereocenters. The SMILES string of the molecule is C/C=C(N)\C(=C\C)CC(C)(C)C. The van der Waals surface area contributed by atoms with Crippen LogP contribution in [0.5, 0.6) is 0 Å². The highest BCUT2D eigenvalue weighted by molar-refractivity contribution is 5.27. The van der Waals surface area contributed by atoms with E-state index >= 15 is 0 Å². The van der Waals surface area contributed by atoms with Gasteiger partial charge >= 0.3 is 0 Å². The molecule has 0 radical (unpaired) electrons. The Morgan fingerprint density at radius 2 is 1.67 bits per heavy atom. The molecule has 0 aliphatic rings. The van der Waals surface area contributed by atoms with Crippen molar-refractivity contribution >= 4 is 0 Å². The fraction of sp³-hybridized carbons (Fsp3) is 0.636. The van der Waals surface area contributed by atoms with Gasteiger partial charge in [-0.15, -0.1) is 0 Å². The summed E-state index contributed by atoms with van der Waals surface area (Å²) in [5, 5.41) is 0. The van der Waals surface area contributed by atoms with Gasteiger partial charge in [-0.05, 0) is 31.3 Å². The Labute approximate surface area is 76.3 Å². The average molecular weight is 167 g/mol. The van der Waals surface area contributed by atoms with Gasteiger partial charge < -0.3 is 5.73 Å². The van der Waals surface area contributed by atoms with Crippen LogP contribution in [0.25, 0.3) is 0 Å². The van der Waals surface area contributed by atoms with Crippen molar-refractivity contribution in [2.24, 2.45) is 11.1 Å². The Morgan fingerprint density at radius 3 is 1.92 bits per heavy atom. The number of rotatable bonds is 2. The molecule has 0 fully saturated rings. The number of allylic oxidation sites excluding steroid dienone is 3. The lowest BCUT2D eigenvalue weighted by atomic mass is 9.87. The van der Waals surface area contributed by atoms with Crippen molar-refractivity contribution in [3.8, 4) is 0 Å². The van der Waals surface area contributed by atoms with E-state index in [1.165, 1.54) is 5.57 Å². The Kier molecular flexibility index (Phi) is 4.08. The van der Waals surface area contributed by atoms with Crippen molar-refractivity contribution < 1.29 is 0 Å². The second kappa shape index (κ2) is 4.34. The van der Waals surface area contributed by atoms with E-state index < -0.39 is 0 Å². The van der Waals surface area contributed by atoms with Gasteiger partial charge in [-0.2, -0.15) is 0 Å². The quantitative estimate of drug-likeness (QED) is 0.628. The van der Waals surface area contributed by atoms with Gasteiger partial charge in [-0.3, -0.25) is 0 Å². The normalized spacial score (nSPS) is 15.1. The van der Waals surface area contributed by atoms with Crippen LogP contribution in [-0.2, 0) is 0 Å². The summed E-state index contributed by atoms with van der Waals surface area (Å²) in [5.41, 5.74) is 8.31. The topological polar surface area (TPSA) is 26.0 Å². The summed E-state index contributed by atoms with van der Waals surface area (Å²) in [5.74, 6) is 0. The van der Waals surface area contributed by atoms with Gasteiger partial charge in [0.2, 0.25) is 0 Å². The fourth-order valence-electron chi connectivity index (χ4n) is 1.13. The fourth-order valence-corrected chi connectivity index (χ4v) is 1.13. The Bertz CT molecular complexity index is 192. The number of hydrogen-bond acceptors (Lipinski definition) is 1. The van der Waals surface area contributed by atoms with Gasteiger partial charge in [-0.25, -0.2) is 0 Å². The van der Waals surface area contributed by atoms with E-state index in [2.05, 4.69) is 26.8 Å². The summed E-state index contributed by atoms with van der Waals surface area (Å²) in [4.78, 5) is 0. The molecule has 12 heavy (non-hydrogen) atoms. The number of nitrogens with two attached hydrogens (primary N) is 1. The highest BCUT2D eigenvalue weighted by Gasteiger charge is 2.13. The lowest BCUT2D eigenvalue weighted by Gasteiger charge is -2.20. The molecule has 70 valence electrons. The molecule has 0 aromatic carbocycles. The predicted molar refractivity (Wildman–Crippen MR) is 55.8 cm³/mol. The minimum Gasteiger partial charge on any atom is -0.399 e. The largest absolute Gasteiger partial charge is 0.399 e. The first kappa shape index (κ1) is 11.3. The summed E-state index contributed by atoms with van der Waals surface area (Å²) in [6.07, 6.45) is 5.10. The molecule has 0 spiro atoms. The maximum atomic E-state index is 5.83. The summed E-state index contributed by atoms with van der Waals surface area (Å²) >= 11 is 0. The Hall–Kier alpha value is -0.720. The van der Waals surface area contributed by atoms with Gasteiger partial charge in [0, 0.05) is 5.70 Å². The minimum absolute atomic E-state index is 0.315. The van der Waals surface area contributed by atoms with Crippen LogP contribution in [0.4, 0.5) is 0 Å². The zero-order chi connectivity index (χ0) is 9.78. The molecule has 0 aliphatic carbocycles. The maximum absolute atomic E-state index is 5.83. The summed E-state index contributed by atoms with van der Waals surface area (Å²) in [7, 11) is 0. The molecule has 0 rings (SSSR count). The molecule has 0 aromatic heterocycles. The average Bonchev–Trinajstić information content (AvgIpc) is 1.97. The van der Waals surface area contributed by atoms with E-state index in [0.717, 1.165) is 12.1 Å². The van der Waals surface area contributed by atoms with E-state index in [-0.39, 0.29) is 0 Å². The van der Waals surface area contributed by atoms with E-state index in [9.17, 15) is 0 Å². The van der Waals surface area contributed by atoms with E-state index in [4.69, 9.17) is 5.73 Å². The molecule has 0 aliphatic heterocycles. The zero-order valence-electron chi connectivity index (χ0n) is 8.94. The van der Waals surface area contributed by atoms with Crippen LogP contribution in [0.1, 0.15) is 41.0 Å². The molecule has 0 amide bonds. The number of hydrogen-bond donors (Lipinski definition) is 1. The molecule has 0 unspecified atom stereocenters. The Morgan fingerprint density at radius 1 is 1.17 bits per heavy atom. The summed E-state index contributed by atoms with van der Waals surface area (Å²) < 4.78 is 0. The lowest BCUT2D eigenvalue weighted by molar-refractivity contribution is 0.411. The monoisotopic (exact) mass is 167 g/mol. The molecule has 0 heterocycles. The smallest absolute Gasteiger partial charge is 0.0300 e. The highest BCUT2D eigenvalue weighted by atomic mass is 14.6. The third-order valence-electron chi connectivity index (χ3n) is 1.75.